The first-order chi connectivity index (χ1) is 11.0. The van der Waals surface area contributed by atoms with Crippen molar-refractivity contribution in [2.45, 2.75) is 65.7 Å². The Bertz CT molecular complexity index is 592. The summed E-state index contributed by atoms with van der Waals surface area (Å²) in [4.78, 5) is 0. The van der Waals surface area contributed by atoms with Crippen LogP contribution in [0.3, 0.4) is 0 Å². The van der Waals surface area contributed by atoms with Gasteiger partial charge in [0, 0.05) is 0 Å². The number of benzene rings is 1. The normalized spacial score (nSPS) is 41.8. The molecule has 0 radical (unpaired) electrons. The standard InChI is InChI=1S/C22H32O/c1-5-23-17-7-8-18-16(13-17)12-14(2)21-19(18)10-11-22(4)15(3)6-9-20(21)22/h7-8,13-15,19-21H,5-6,9-12H2,1-4H3/t14-,15+,19?,20?,21?,22-/m1/s1. The van der Waals surface area contributed by atoms with Gasteiger partial charge in [0.2, 0.25) is 0 Å². The fourth-order valence-electron chi connectivity index (χ4n) is 6.47. The van der Waals surface area contributed by atoms with Gasteiger partial charge in [-0.2, -0.15) is 0 Å². The molecule has 0 N–H and O–H groups in total. The van der Waals surface area contributed by atoms with Gasteiger partial charge < -0.3 is 4.74 Å². The van der Waals surface area contributed by atoms with E-state index in [1.165, 1.54) is 32.1 Å². The molecule has 0 aromatic heterocycles. The molecular weight excluding hydrogens is 280 g/mol. The molecule has 1 aromatic carbocycles. The van der Waals surface area contributed by atoms with Gasteiger partial charge in [0.15, 0.2) is 0 Å². The number of ether oxygens (including phenoxy) is 1. The predicted octanol–water partition coefficient (Wildman–Crippen LogP) is 5.82. The van der Waals surface area contributed by atoms with Gasteiger partial charge in [-0.15, -0.1) is 0 Å². The quantitative estimate of drug-likeness (QED) is 0.668. The topological polar surface area (TPSA) is 9.23 Å². The van der Waals surface area contributed by atoms with E-state index in [1.54, 1.807) is 11.1 Å². The lowest BCUT2D eigenvalue weighted by Crippen LogP contribution is -2.44. The molecule has 2 fully saturated rings. The van der Waals surface area contributed by atoms with Crippen LogP contribution in [0.1, 0.15) is 70.4 Å². The van der Waals surface area contributed by atoms with Crippen LogP contribution in [0.5, 0.6) is 5.75 Å². The second kappa shape index (κ2) is 5.53. The van der Waals surface area contributed by atoms with Crippen molar-refractivity contribution >= 4 is 0 Å². The van der Waals surface area contributed by atoms with Crippen LogP contribution in [0.2, 0.25) is 0 Å². The lowest BCUT2D eigenvalue weighted by Gasteiger charge is -2.53. The van der Waals surface area contributed by atoms with Crippen molar-refractivity contribution in [2.24, 2.45) is 29.1 Å². The average Bonchev–Trinajstić information content (AvgIpc) is 2.83. The summed E-state index contributed by atoms with van der Waals surface area (Å²) in [7, 11) is 0. The molecule has 0 saturated heterocycles. The Kier molecular flexibility index (Phi) is 3.74. The van der Waals surface area contributed by atoms with Crippen LogP contribution in [-0.2, 0) is 6.42 Å². The molecule has 0 bridgehead atoms. The molecule has 0 amide bonds. The van der Waals surface area contributed by atoms with E-state index in [0.717, 1.165) is 41.9 Å². The highest BCUT2D eigenvalue weighted by atomic mass is 16.5. The van der Waals surface area contributed by atoms with Crippen LogP contribution in [0, 0.1) is 29.1 Å². The molecular formula is C22H32O. The van der Waals surface area contributed by atoms with Gasteiger partial charge in [-0.3, -0.25) is 0 Å². The van der Waals surface area contributed by atoms with Crippen molar-refractivity contribution in [3.8, 4) is 5.75 Å². The minimum atomic E-state index is 0.609. The maximum absolute atomic E-state index is 5.74. The van der Waals surface area contributed by atoms with Crippen molar-refractivity contribution in [1.29, 1.82) is 0 Å². The fourth-order valence-corrected chi connectivity index (χ4v) is 6.47. The highest BCUT2D eigenvalue weighted by Crippen LogP contribution is 2.63. The number of hydrogen-bond acceptors (Lipinski definition) is 1. The van der Waals surface area contributed by atoms with E-state index in [9.17, 15) is 0 Å². The van der Waals surface area contributed by atoms with Crippen molar-refractivity contribution in [2.75, 3.05) is 6.61 Å². The predicted molar refractivity (Wildman–Crippen MR) is 95.9 cm³/mol. The SMILES string of the molecule is CCOc1ccc2c(c1)C[C@@H](C)C1C2CC[C@@]2(C)C1CC[C@@H]2C. The Hall–Kier alpha value is -0.980. The van der Waals surface area contributed by atoms with Crippen molar-refractivity contribution < 1.29 is 4.74 Å². The highest BCUT2D eigenvalue weighted by Gasteiger charge is 2.54. The summed E-state index contributed by atoms with van der Waals surface area (Å²) in [5.74, 6) is 5.46. The van der Waals surface area contributed by atoms with Gasteiger partial charge in [-0.1, -0.05) is 26.8 Å². The maximum Gasteiger partial charge on any atom is 0.119 e. The number of fused-ring (bicyclic) bond motifs is 5. The molecule has 3 aliphatic carbocycles. The summed E-state index contributed by atoms with van der Waals surface area (Å²) in [5.41, 5.74) is 3.83. The maximum atomic E-state index is 5.74. The molecule has 2 saturated carbocycles. The summed E-state index contributed by atoms with van der Waals surface area (Å²) in [6.45, 7) is 10.5. The molecule has 1 nitrogen and oxygen atoms in total. The zero-order chi connectivity index (χ0) is 16.2. The Morgan fingerprint density at radius 1 is 1.17 bits per heavy atom. The van der Waals surface area contributed by atoms with E-state index in [1.807, 2.05) is 0 Å². The number of rotatable bonds is 2. The Morgan fingerprint density at radius 3 is 2.78 bits per heavy atom. The van der Waals surface area contributed by atoms with E-state index < -0.39 is 0 Å². The second-order valence-corrected chi connectivity index (χ2v) is 8.79. The Morgan fingerprint density at radius 2 is 2.00 bits per heavy atom. The Balaban J connectivity index is 1.69. The van der Waals surface area contributed by atoms with E-state index in [4.69, 9.17) is 4.74 Å². The van der Waals surface area contributed by atoms with Crippen LogP contribution in [0.25, 0.3) is 0 Å². The molecule has 23 heavy (non-hydrogen) atoms. The minimum absolute atomic E-state index is 0.609. The Labute approximate surface area is 141 Å². The third kappa shape index (κ3) is 2.26. The summed E-state index contributed by atoms with van der Waals surface area (Å²) in [6.07, 6.45) is 6.99. The van der Waals surface area contributed by atoms with Gasteiger partial charge in [0.25, 0.3) is 0 Å². The van der Waals surface area contributed by atoms with Gasteiger partial charge in [-0.25, -0.2) is 0 Å². The highest BCUT2D eigenvalue weighted by molar-refractivity contribution is 5.41. The van der Waals surface area contributed by atoms with Crippen molar-refractivity contribution in [3.63, 3.8) is 0 Å². The molecule has 0 spiro atoms. The van der Waals surface area contributed by atoms with Gasteiger partial charge >= 0.3 is 0 Å². The minimum Gasteiger partial charge on any atom is -0.494 e. The van der Waals surface area contributed by atoms with Crippen molar-refractivity contribution in [3.05, 3.63) is 29.3 Å². The smallest absolute Gasteiger partial charge is 0.119 e. The lowest BCUT2D eigenvalue weighted by atomic mass is 9.52. The zero-order valence-electron chi connectivity index (χ0n) is 15.3. The van der Waals surface area contributed by atoms with Crippen LogP contribution in [0.4, 0.5) is 0 Å². The van der Waals surface area contributed by atoms with E-state index in [2.05, 4.69) is 45.9 Å². The van der Waals surface area contributed by atoms with E-state index in [-0.39, 0.29) is 0 Å². The molecule has 6 atom stereocenters. The first-order valence-corrected chi connectivity index (χ1v) is 9.80. The summed E-state index contributed by atoms with van der Waals surface area (Å²) < 4.78 is 5.74. The van der Waals surface area contributed by atoms with Crippen LogP contribution >= 0.6 is 0 Å². The van der Waals surface area contributed by atoms with Crippen LogP contribution in [-0.4, -0.2) is 6.61 Å². The summed E-state index contributed by atoms with van der Waals surface area (Å²) in [5, 5.41) is 0. The molecule has 1 heteroatoms. The first kappa shape index (κ1) is 15.5. The summed E-state index contributed by atoms with van der Waals surface area (Å²) >= 11 is 0. The van der Waals surface area contributed by atoms with E-state index >= 15 is 0 Å². The zero-order valence-corrected chi connectivity index (χ0v) is 15.3. The largest absolute Gasteiger partial charge is 0.494 e. The summed E-state index contributed by atoms with van der Waals surface area (Å²) in [6, 6.07) is 6.93. The molecule has 4 rings (SSSR count). The van der Waals surface area contributed by atoms with Gasteiger partial charge in [0.05, 0.1) is 6.61 Å². The van der Waals surface area contributed by atoms with Crippen LogP contribution < -0.4 is 4.74 Å². The molecule has 3 unspecified atom stereocenters. The van der Waals surface area contributed by atoms with Crippen molar-refractivity contribution in [1.82, 2.24) is 0 Å². The second-order valence-electron chi connectivity index (χ2n) is 8.79. The molecule has 126 valence electrons. The third-order valence-electron chi connectivity index (χ3n) is 7.83. The van der Waals surface area contributed by atoms with E-state index in [0.29, 0.717) is 5.41 Å². The first-order valence-electron chi connectivity index (χ1n) is 9.80. The number of hydrogen-bond donors (Lipinski definition) is 0. The molecule has 1 aromatic rings. The fraction of sp³-hybridized carbons (Fsp3) is 0.727. The average molecular weight is 312 g/mol. The monoisotopic (exact) mass is 312 g/mol. The molecule has 0 aliphatic heterocycles. The molecule has 3 aliphatic rings. The lowest BCUT2D eigenvalue weighted by molar-refractivity contribution is 0.00998. The van der Waals surface area contributed by atoms with Gasteiger partial charge in [0.1, 0.15) is 5.75 Å². The van der Waals surface area contributed by atoms with Crippen LogP contribution in [0.15, 0.2) is 18.2 Å². The molecule has 0 heterocycles. The van der Waals surface area contributed by atoms with Gasteiger partial charge in [-0.05, 0) is 97.3 Å². The third-order valence-corrected chi connectivity index (χ3v) is 7.83.